The molecule has 0 radical (unpaired) electrons. The molecule has 10 rings (SSSR count). The van der Waals surface area contributed by atoms with E-state index < -0.39 is 41.6 Å². The van der Waals surface area contributed by atoms with Gasteiger partial charge in [0.2, 0.25) is 11.8 Å². The summed E-state index contributed by atoms with van der Waals surface area (Å²) in [6.07, 6.45) is 4.35. The molecule has 0 saturated carbocycles. The van der Waals surface area contributed by atoms with E-state index in [-0.39, 0.29) is 74.7 Å². The first-order valence-corrected chi connectivity index (χ1v) is 24.0. The number of hydrogen-bond acceptors (Lipinski definition) is 16. The number of benzene rings is 4. The quantitative estimate of drug-likeness (QED) is 0.0638. The van der Waals surface area contributed by atoms with Crippen molar-refractivity contribution in [2.45, 2.75) is 6.42 Å². The summed E-state index contributed by atoms with van der Waals surface area (Å²) in [7, 11) is 0. The Balaban J connectivity index is 0.000000173. The molecule has 4 aromatic heterocycles. The zero-order chi connectivity index (χ0) is 52.4. The monoisotopic (exact) mass is 1080 g/mol. The van der Waals surface area contributed by atoms with E-state index in [0.717, 1.165) is 22.7 Å². The number of hydrogen-bond donors (Lipinski definition) is 4. The lowest BCUT2D eigenvalue weighted by atomic mass is 10.0. The molecule has 0 unspecified atom stereocenters. The van der Waals surface area contributed by atoms with Gasteiger partial charge in [-0.25, -0.2) is 47.5 Å². The molecule has 2 amide bonds. The van der Waals surface area contributed by atoms with Crippen LogP contribution < -0.4 is 21.3 Å². The number of aromatic nitrogens is 6. The Bertz CT molecular complexity index is 3320. The zero-order valence-corrected chi connectivity index (χ0v) is 40.9. The van der Waals surface area contributed by atoms with Crippen LogP contribution in [0.1, 0.15) is 6.42 Å². The van der Waals surface area contributed by atoms with Crippen molar-refractivity contribution in [1.29, 1.82) is 0 Å². The number of fused-ring (bicyclic) bond motifs is 4. The maximum absolute atomic E-state index is 15.8. The summed E-state index contributed by atoms with van der Waals surface area (Å²) in [4.78, 5) is 75.3. The number of nitrogens with zero attached hydrogens (tertiary/aromatic N) is 10. The van der Waals surface area contributed by atoms with E-state index in [4.69, 9.17) is 44.9 Å². The molecule has 6 N–H and O–H groups in total. The number of carbonyl (C=O) groups is 4. The molecule has 2 saturated heterocycles. The lowest BCUT2D eigenvalue weighted by Gasteiger charge is -2.35. The third-order valence-corrected chi connectivity index (χ3v) is 14.0. The molecule has 8 aromatic rings. The Hall–Kier alpha value is -7.80. The van der Waals surface area contributed by atoms with Crippen molar-refractivity contribution in [2.75, 3.05) is 73.6 Å². The van der Waals surface area contributed by atoms with Gasteiger partial charge in [-0.05, 0) is 48.6 Å². The molecule has 18 nitrogen and oxygen atoms in total. The molecular formula is C47H38Cl2F4N12O6S2. The number of nitrogen functional groups attached to an aromatic ring is 2. The summed E-state index contributed by atoms with van der Waals surface area (Å²) in [5.41, 5.74) is 13.0. The van der Waals surface area contributed by atoms with Crippen LogP contribution >= 0.6 is 45.9 Å². The number of carbonyl (C=O) groups excluding carboxylic acids is 2. The fourth-order valence-electron chi connectivity index (χ4n) is 8.28. The number of anilines is 4. The normalized spacial score (nSPS) is 13.7. The van der Waals surface area contributed by atoms with Gasteiger partial charge < -0.3 is 41.3 Å². The van der Waals surface area contributed by atoms with Gasteiger partial charge in [0.15, 0.2) is 21.9 Å². The van der Waals surface area contributed by atoms with Crippen LogP contribution in [0.15, 0.2) is 74.4 Å². The molecule has 73 heavy (non-hydrogen) atoms. The molecule has 2 fully saturated rings. The lowest BCUT2D eigenvalue weighted by molar-refractivity contribution is -0.147. The average Bonchev–Trinajstić information content (AvgIpc) is 3.98. The predicted molar refractivity (Wildman–Crippen MR) is 273 cm³/mol. The first-order chi connectivity index (χ1) is 34.9. The highest BCUT2D eigenvalue weighted by atomic mass is 35.5. The molecule has 6 heterocycles. The van der Waals surface area contributed by atoms with E-state index in [1.54, 1.807) is 21.9 Å². The summed E-state index contributed by atoms with van der Waals surface area (Å²) in [6, 6.07) is 8.57. The van der Waals surface area contributed by atoms with Crippen LogP contribution in [0.4, 0.5) is 39.5 Å². The minimum atomic E-state index is -1.31. The molecule has 0 aliphatic carbocycles. The number of piperazine rings is 2. The summed E-state index contributed by atoms with van der Waals surface area (Å²) in [5.74, 6) is -4.11. The predicted octanol–water partition coefficient (Wildman–Crippen LogP) is 8.06. The number of amides is 2. The number of thiazole rings is 2. The molecule has 0 atom stereocenters. The standard InChI is InChI=1S/2C22H17ClF2N6OS.C3H4O4/c2*1-2-15(32)30-5-7-31(8-6-30)21-12-9-13(23)16(17(25)18(12)27-10-28-21)11-3-4-14(24)20-19(11)29-22(26)33-20;4-2(5)1-3(6)7/h2*2-4,9-10H,1,5-8H2,(H2,26,29);1H2,(H,4,5)(H,6,7). The van der Waals surface area contributed by atoms with E-state index in [0.29, 0.717) is 85.9 Å². The summed E-state index contributed by atoms with van der Waals surface area (Å²) >= 11 is 15.1. The molecule has 2 aliphatic heterocycles. The maximum Gasteiger partial charge on any atom is 0.314 e. The number of carboxylic acids is 2. The number of halogens is 6. The van der Waals surface area contributed by atoms with Crippen molar-refractivity contribution < 1.29 is 47.0 Å². The second-order valence-corrected chi connectivity index (χ2v) is 18.8. The highest BCUT2D eigenvalue weighted by Gasteiger charge is 2.28. The van der Waals surface area contributed by atoms with Gasteiger partial charge in [0, 0.05) is 85.4 Å². The van der Waals surface area contributed by atoms with Crippen LogP contribution in [0, 0.1) is 23.3 Å². The van der Waals surface area contributed by atoms with Crippen LogP contribution in [0.25, 0.3) is 64.5 Å². The van der Waals surface area contributed by atoms with Gasteiger partial charge in [0.25, 0.3) is 0 Å². The lowest BCUT2D eigenvalue weighted by Crippen LogP contribution is -2.48. The Morgan fingerprint density at radius 3 is 1.30 bits per heavy atom. The minimum Gasteiger partial charge on any atom is -0.481 e. The van der Waals surface area contributed by atoms with Gasteiger partial charge in [-0.15, -0.1) is 0 Å². The Kier molecular flexibility index (Phi) is 15.2. The highest BCUT2D eigenvalue weighted by Crippen LogP contribution is 2.44. The zero-order valence-electron chi connectivity index (χ0n) is 37.8. The second-order valence-electron chi connectivity index (χ2n) is 15.9. The van der Waals surface area contributed by atoms with Crippen LogP contribution in [0.5, 0.6) is 0 Å². The summed E-state index contributed by atoms with van der Waals surface area (Å²) in [6.45, 7) is 11.1. The van der Waals surface area contributed by atoms with Crippen LogP contribution in [-0.4, -0.2) is 126 Å². The van der Waals surface area contributed by atoms with E-state index in [1.807, 2.05) is 9.80 Å². The number of rotatable bonds is 8. The largest absolute Gasteiger partial charge is 0.481 e. The van der Waals surface area contributed by atoms with Gasteiger partial charge >= 0.3 is 11.9 Å². The molecule has 376 valence electrons. The Morgan fingerprint density at radius 1 is 0.603 bits per heavy atom. The summed E-state index contributed by atoms with van der Waals surface area (Å²) < 4.78 is 60.6. The van der Waals surface area contributed by atoms with Crippen LogP contribution in [0.2, 0.25) is 10.0 Å². The van der Waals surface area contributed by atoms with Crippen molar-refractivity contribution in [3.63, 3.8) is 0 Å². The SMILES string of the molecule is C=CC(=O)N1CCN(c2ncnc3c(F)c(-c4ccc(F)c5sc(N)nc45)c(Cl)cc23)CC1.C=CC(=O)N1CCN(c2ncnc3c(F)c(-c4ccc(F)c5sc(N)nc45)c(Cl)cc23)CC1.O=C(O)CC(=O)O. The van der Waals surface area contributed by atoms with Crippen molar-refractivity contribution in [1.82, 2.24) is 39.7 Å². The molecule has 0 spiro atoms. The molecule has 4 aromatic carbocycles. The average molecular weight is 1080 g/mol. The van der Waals surface area contributed by atoms with Gasteiger partial charge in [0.1, 0.15) is 53.4 Å². The van der Waals surface area contributed by atoms with Gasteiger partial charge in [-0.2, -0.15) is 0 Å². The maximum atomic E-state index is 15.8. The first-order valence-electron chi connectivity index (χ1n) is 21.6. The number of aliphatic carboxylic acids is 2. The molecule has 0 bridgehead atoms. The third-order valence-electron chi connectivity index (χ3n) is 11.6. The van der Waals surface area contributed by atoms with Crippen molar-refractivity contribution >= 4 is 134 Å². The van der Waals surface area contributed by atoms with Crippen molar-refractivity contribution in [3.05, 3.63) is 108 Å². The fourth-order valence-corrected chi connectivity index (χ4v) is 10.4. The van der Waals surface area contributed by atoms with Crippen molar-refractivity contribution in [3.8, 4) is 22.3 Å². The first kappa shape index (κ1) is 51.6. The number of nitrogens with two attached hydrogens (primary N) is 2. The van der Waals surface area contributed by atoms with Crippen molar-refractivity contribution in [2.24, 2.45) is 0 Å². The highest BCUT2D eigenvalue weighted by molar-refractivity contribution is 7.22. The van der Waals surface area contributed by atoms with Gasteiger partial charge in [-0.3, -0.25) is 19.2 Å². The van der Waals surface area contributed by atoms with E-state index in [9.17, 15) is 28.0 Å². The fraction of sp³-hybridized carbons (Fsp3) is 0.191. The summed E-state index contributed by atoms with van der Waals surface area (Å²) in [5, 5.41) is 16.9. The Labute approximate surface area is 428 Å². The van der Waals surface area contributed by atoms with Crippen LogP contribution in [0.3, 0.4) is 0 Å². The van der Waals surface area contributed by atoms with Crippen LogP contribution in [-0.2, 0) is 19.2 Å². The minimum absolute atomic E-state index is 0.0746. The third kappa shape index (κ3) is 10.4. The number of carboxylic acid groups (broad SMARTS) is 2. The smallest absolute Gasteiger partial charge is 0.314 e. The molecule has 26 heteroatoms. The molecule has 2 aliphatic rings. The van der Waals surface area contributed by atoms with E-state index in [2.05, 4.69) is 43.1 Å². The van der Waals surface area contributed by atoms with Gasteiger partial charge in [0.05, 0.1) is 30.5 Å². The van der Waals surface area contributed by atoms with Gasteiger partial charge in [-0.1, -0.05) is 59.0 Å². The van der Waals surface area contributed by atoms with E-state index >= 15 is 8.78 Å². The van der Waals surface area contributed by atoms with E-state index in [1.165, 1.54) is 49.1 Å². The molecular weight excluding hydrogens is 1040 g/mol. The second kappa shape index (κ2) is 21.5. The topological polar surface area (TPSA) is 251 Å². The Morgan fingerprint density at radius 2 is 0.973 bits per heavy atom.